The Hall–Kier alpha value is -3.68. The van der Waals surface area contributed by atoms with Crippen molar-refractivity contribution in [1.82, 2.24) is 19.6 Å². The first-order valence-corrected chi connectivity index (χ1v) is 8.24. The topological polar surface area (TPSA) is 90.6 Å². The SMILES string of the molecule is COc1cc(NC(=O)c2c(C)nn3cccnc23)c2nccc(OC)c2c1. The van der Waals surface area contributed by atoms with Gasteiger partial charge in [0.15, 0.2) is 5.65 Å². The molecule has 1 N–H and O–H groups in total. The van der Waals surface area contributed by atoms with Crippen LogP contribution in [-0.2, 0) is 0 Å². The van der Waals surface area contributed by atoms with Gasteiger partial charge in [-0.05, 0) is 25.1 Å². The predicted molar refractivity (Wildman–Crippen MR) is 101 cm³/mol. The Morgan fingerprint density at radius 3 is 2.78 bits per heavy atom. The van der Waals surface area contributed by atoms with Crippen LogP contribution in [0.1, 0.15) is 16.1 Å². The number of methoxy groups -OCH3 is 2. The first-order valence-electron chi connectivity index (χ1n) is 8.24. The number of benzene rings is 1. The average molecular weight is 363 g/mol. The van der Waals surface area contributed by atoms with Crippen LogP contribution in [0.2, 0.25) is 0 Å². The molecular formula is C19H17N5O3. The number of anilines is 1. The van der Waals surface area contributed by atoms with Gasteiger partial charge >= 0.3 is 0 Å². The number of aromatic nitrogens is 4. The van der Waals surface area contributed by atoms with Gasteiger partial charge in [-0.25, -0.2) is 9.50 Å². The van der Waals surface area contributed by atoms with Crippen molar-refractivity contribution in [1.29, 1.82) is 0 Å². The molecule has 8 nitrogen and oxygen atoms in total. The molecule has 8 heteroatoms. The van der Waals surface area contributed by atoms with E-state index in [1.54, 1.807) is 62.4 Å². The molecule has 0 unspecified atom stereocenters. The number of pyridine rings is 1. The second-order valence-corrected chi connectivity index (χ2v) is 5.89. The second-order valence-electron chi connectivity index (χ2n) is 5.89. The van der Waals surface area contributed by atoms with Crippen LogP contribution < -0.4 is 14.8 Å². The van der Waals surface area contributed by atoms with Gasteiger partial charge in [-0.15, -0.1) is 0 Å². The number of carbonyl (C=O) groups excluding carboxylic acids is 1. The first kappa shape index (κ1) is 16.8. The fourth-order valence-electron chi connectivity index (χ4n) is 3.04. The Morgan fingerprint density at radius 2 is 2.00 bits per heavy atom. The third kappa shape index (κ3) is 2.80. The number of carbonyl (C=O) groups is 1. The summed E-state index contributed by atoms with van der Waals surface area (Å²) < 4.78 is 12.3. The van der Waals surface area contributed by atoms with E-state index in [0.717, 1.165) is 5.39 Å². The molecule has 0 spiro atoms. The van der Waals surface area contributed by atoms with E-state index in [4.69, 9.17) is 9.47 Å². The molecule has 0 saturated carbocycles. The van der Waals surface area contributed by atoms with Gasteiger partial charge in [0, 0.05) is 30.0 Å². The fourth-order valence-corrected chi connectivity index (χ4v) is 3.04. The molecule has 0 saturated heterocycles. The molecule has 27 heavy (non-hydrogen) atoms. The zero-order chi connectivity index (χ0) is 19.0. The highest BCUT2D eigenvalue weighted by atomic mass is 16.5. The van der Waals surface area contributed by atoms with Crippen LogP contribution in [0.3, 0.4) is 0 Å². The summed E-state index contributed by atoms with van der Waals surface area (Å²) in [5.41, 5.74) is 2.61. The number of amides is 1. The van der Waals surface area contributed by atoms with Gasteiger partial charge in [0.2, 0.25) is 0 Å². The molecule has 3 heterocycles. The van der Waals surface area contributed by atoms with Crippen LogP contribution in [0.5, 0.6) is 11.5 Å². The van der Waals surface area contributed by atoms with Crippen molar-refractivity contribution in [3.05, 3.63) is 54.1 Å². The second kappa shape index (κ2) is 6.56. The van der Waals surface area contributed by atoms with Gasteiger partial charge in [0.25, 0.3) is 5.91 Å². The van der Waals surface area contributed by atoms with Crippen molar-refractivity contribution < 1.29 is 14.3 Å². The van der Waals surface area contributed by atoms with E-state index in [9.17, 15) is 4.79 Å². The van der Waals surface area contributed by atoms with Crippen LogP contribution in [0.25, 0.3) is 16.6 Å². The lowest BCUT2D eigenvalue weighted by atomic mass is 10.1. The molecule has 3 aromatic heterocycles. The molecule has 1 amide bonds. The maximum absolute atomic E-state index is 13.0. The Bertz CT molecular complexity index is 1170. The minimum atomic E-state index is -0.319. The molecule has 4 rings (SSSR count). The minimum Gasteiger partial charge on any atom is -0.497 e. The van der Waals surface area contributed by atoms with Crippen molar-refractivity contribution in [3.8, 4) is 11.5 Å². The summed E-state index contributed by atoms with van der Waals surface area (Å²) in [5.74, 6) is 0.905. The number of ether oxygens (including phenoxy) is 2. The van der Waals surface area contributed by atoms with Crippen LogP contribution in [0.4, 0.5) is 5.69 Å². The van der Waals surface area contributed by atoms with Gasteiger partial charge in [-0.1, -0.05) is 0 Å². The normalized spacial score (nSPS) is 10.9. The summed E-state index contributed by atoms with van der Waals surface area (Å²) >= 11 is 0. The monoisotopic (exact) mass is 363 g/mol. The summed E-state index contributed by atoms with van der Waals surface area (Å²) in [4.78, 5) is 21.7. The first-order chi connectivity index (χ1) is 13.1. The van der Waals surface area contributed by atoms with Crippen molar-refractivity contribution in [2.45, 2.75) is 6.92 Å². The number of nitrogens with one attached hydrogen (secondary N) is 1. The number of hydrogen-bond acceptors (Lipinski definition) is 6. The van der Waals surface area contributed by atoms with Gasteiger partial charge in [0.1, 0.15) is 17.1 Å². The van der Waals surface area contributed by atoms with E-state index in [1.165, 1.54) is 0 Å². The fraction of sp³-hybridized carbons (Fsp3) is 0.158. The molecule has 1 aromatic carbocycles. The molecule has 0 aliphatic rings. The largest absolute Gasteiger partial charge is 0.497 e. The van der Waals surface area contributed by atoms with Crippen molar-refractivity contribution in [2.24, 2.45) is 0 Å². The number of rotatable bonds is 4. The Labute approximate surface area is 154 Å². The molecule has 4 aromatic rings. The minimum absolute atomic E-state index is 0.319. The van der Waals surface area contributed by atoms with E-state index in [0.29, 0.717) is 39.6 Å². The highest BCUT2D eigenvalue weighted by Crippen LogP contribution is 2.33. The van der Waals surface area contributed by atoms with Gasteiger partial charge in [-0.3, -0.25) is 9.78 Å². The van der Waals surface area contributed by atoms with Crippen LogP contribution in [0.15, 0.2) is 42.9 Å². The number of fused-ring (bicyclic) bond motifs is 2. The summed E-state index contributed by atoms with van der Waals surface area (Å²) in [6.07, 6.45) is 5.01. The maximum atomic E-state index is 13.0. The van der Waals surface area contributed by atoms with E-state index in [2.05, 4.69) is 20.4 Å². The highest BCUT2D eigenvalue weighted by molar-refractivity contribution is 6.12. The van der Waals surface area contributed by atoms with E-state index in [-0.39, 0.29) is 5.91 Å². The lowest BCUT2D eigenvalue weighted by molar-refractivity contribution is 0.102. The van der Waals surface area contributed by atoms with E-state index < -0.39 is 0 Å². The lowest BCUT2D eigenvalue weighted by Gasteiger charge is -2.12. The molecule has 136 valence electrons. The zero-order valence-electron chi connectivity index (χ0n) is 15.1. The van der Waals surface area contributed by atoms with Crippen LogP contribution in [-0.4, -0.2) is 39.7 Å². The summed E-state index contributed by atoms with van der Waals surface area (Å²) in [6, 6.07) is 7.06. The van der Waals surface area contributed by atoms with Gasteiger partial charge < -0.3 is 14.8 Å². The van der Waals surface area contributed by atoms with Crippen LogP contribution in [0, 0.1) is 6.92 Å². The van der Waals surface area contributed by atoms with Crippen molar-refractivity contribution in [3.63, 3.8) is 0 Å². The van der Waals surface area contributed by atoms with Gasteiger partial charge in [0.05, 0.1) is 31.1 Å². The third-order valence-electron chi connectivity index (χ3n) is 4.28. The molecule has 0 bridgehead atoms. The molecule has 0 radical (unpaired) electrons. The highest BCUT2D eigenvalue weighted by Gasteiger charge is 2.20. The van der Waals surface area contributed by atoms with Gasteiger partial charge in [-0.2, -0.15) is 5.10 Å². The quantitative estimate of drug-likeness (QED) is 0.600. The molecule has 0 aliphatic carbocycles. The molecule has 0 aliphatic heterocycles. The summed E-state index contributed by atoms with van der Waals surface area (Å²) in [6.45, 7) is 1.77. The van der Waals surface area contributed by atoms with Crippen molar-refractivity contribution in [2.75, 3.05) is 19.5 Å². The Kier molecular flexibility index (Phi) is 4.08. The summed E-state index contributed by atoms with van der Waals surface area (Å²) in [7, 11) is 3.15. The number of hydrogen-bond donors (Lipinski definition) is 1. The zero-order valence-corrected chi connectivity index (χ0v) is 15.1. The molecule has 0 atom stereocenters. The average Bonchev–Trinajstić information content (AvgIpc) is 3.03. The Morgan fingerprint density at radius 1 is 1.15 bits per heavy atom. The maximum Gasteiger partial charge on any atom is 0.261 e. The standard InChI is InChI=1S/C19H17N5O3/c1-11-16(18-21-6-4-8-24(18)23-11)19(25)22-14-10-12(26-2)9-13-15(27-3)5-7-20-17(13)14/h4-10H,1-3H3,(H,22,25). The Balaban J connectivity index is 1.83. The van der Waals surface area contributed by atoms with Crippen molar-refractivity contribution >= 4 is 28.1 Å². The van der Waals surface area contributed by atoms with E-state index >= 15 is 0 Å². The smallest absolute Gasteiger partial charge is 0.261 e. The molecule has 0 fully saturated rings. The summed E-state index contributed by atoms with van der Waals surface area (Å²) in [5, 5.41) is 7.99. The number of aryl methyl sites for hydroxylation is 1. The van der Waals surface area contributed by atoms with E-state index in [1.807, 2.05) is 6.07 Å². The van der Waals surface area contributed by atoms with Crippen LogP contribution >= 0.6 is 0 Å². The predicted octanol–water partition coefficient (Wildman–Crippen LogP) is 2.86. The lowest BCUT2D eigenvalue weighted by Crippen LogP contribution is -2.14. The number of nitrogens with zero attached hydrogens (tertiary/aromatic N) is 4. The third-order valence-corrected chi connectivity index (χ3v) is 4.28. The molecular weight excluding hydrogens is 346 g/mol.